The molecule has 68 heavy (non-hydrogen) atoms. The highest BCUT2D eigenvalue weighted by Gasteiger charge is 2.39. The van der Waals surface area contributed by atoms with Crippen molar-refractivity contribution in [2.45, 2.75) is 68.0 Å². The molecule has 0 saturated carbocycles. The fraction of sp³-hybridized carbons (Fsp3) is 0.167. The van der Waals surface area contributed by atoms with E-state index >= 15 is 13.2 Å². The summed E-state index contributed by atoms with van der Waals surface area (Å²) in [5, 5.41) is 0. The molecule has 5 nitrogen and oxygen atoms in total. The van der Waals surface area contributed by atoms with Gasteiger partial charge in [-0.1, -0.05) is 121 Å². The third-order valence-electron chi connectivity index (χ3n) is 14.2. The highest BCUT2D eigenvalue weighted by Crippen LogP contribution is 2.56. The van der Waals surface area contributed by atoms with Gasteiger partial charge in [-0.25, -0.2) is 19.9 Å². The van der Waals surface area contributed by atoms with Gasteiger partial charge in [0.2, 0.25) is 0 Å². The second kappa shape index (κ2) is 17.2. The molecule has 0 bridgehead atoms. The first-order chi connectivity index (χ1) is 32.7. The summed E-state index contributed by atoms with van der Waals surface area (Å²) < 4.78 is 47.8. The molecular weight excluding hydrogens is 848 g/mol. The molecule has 336 valence electrons. The van der Waals surface area contributed by atoms with Crippen LogP contribution in [0.3, 0.4) is 0 Å². The Kier molecular flexibility index (Phi) is 11.2. The number of anilines is 3. The van der Waals surface area contributed by atoms with E-state index in [4.69, 9.17) is 19.9 Å². The number of alkyl halides is 3. The number of fused-ring (bicyclic) bond motifs is 2. The van der Waals surface area contributed by atoms with Gasteiger partial charge in [0.05, 0.1) is 45.4 Å². The van der Waals surface area contributed by atoms with Crippen LogP contribution in [0.25, 0.3) is 67.8 Å². The van der Waals surface area contributed by atoms with Gasteiger partial charge in [0.25, 0.3) is 0 Å². The molecule has 0 saturated heterocycles. The molecule has 3 heterocycles. The maximum absolute atomic E-state index is 15.9. The third kappa shape index (κ3) is 7.64. The lowest BCUT2D eigenvalue weighted by Gasteiger charge is -2.41. The molecule has 0 fully saturated rings. The summed E-state index contributed by atoms with van der Waals surface area (Å²) in [7, 11) is 0. The second-order valence-electron chi connectivity index (χ2n) is 18.0. The topological polar surface area (TPSA) is 54.8 Å². The van der Waals surface area contributed by atoms with Crippen LogP contribution in [0.5, 0.6) is 0 Å². The predicted octanol–water partition coefficient (Wildman–Crippen LogP) is 16.1. The highest BCUT2D eigenvalue weighted by molar-refractivity contribution is 6.01. The van der Waals surface area contributed by atoms with Crippen LogP contribution < -0.4 is 4.90 Å². The van der Waals surface area contributed by atoms with Gasteiger partial charge in [0, 0.05) is 39.8 Å². The van der Waals surface area contributed by atoms with E-state index in [9.17, 15) is 0 Å². The molecule has 0 unspecified atom stereocenters. The van der Waals surface area contributed by atoms with Gasteiger partial charge < -0.3 is 4.90 Å². The normalized spacial score (nSPS) is 12.2. The Morgan fingerprint density at radius 3 is 0.956 bits per heavy atom. The van der Waals surface area contributed by atoms with Crippen molar-refractivity contribution in [1.82, 2.24) is 19.9 Å². The maximum Gasteiger partial charge on any atom is 0.416 e. The van der Waals surface area contributed by atoms with E-state index in [1.165, 1.54) is 23.3 Å². The van der Waals surface area contributed by atoms with E-state index in [2.05, 4.69) is 60.3 Å². The van der Waals surface area contributed by atoms with Crippen LogP contribution >= 0.6 is 0 Å². The maximum atomic E-state index is 15.9. The van der Waals surface area contributed by atoms with Gasteiger partial charge in [0.15, 0.2) is 11.6 Å². The lowest BCUT2D eigenvalue weighted by Crippen LogP contribution is -2.26. The van der Waals surface area contributed by atoms with E-state index in [-0.39, 0.29) is 22.8 Å². The van der Waals surface area contributed by atoms with Crippen LogP contribution in [-0.2, 0) is 12.6 Å². The van der Waals surface area contributed by atoms with Crippen molar-refractivity contribution in [2.75, 3.05) is 4.90 Å². The van der Waals surface area contributed by atoms with Crippen LogP contribution in [0.2, 0.25) is 0 Å². The Hall–Kier alpha value is -7.71. The number of hydrogen-bond acceptors (Lipinski definition) is 5. The Morgan fingerprint density at radius 1 is 0.368 bits per heavy atom. The first-order valence-corrected chi connectivity index (χ1v) is 22.9. The number of nitrogens with zero attached hydrogens (tertiary/aromatic N) is 5. The molecule has 1 aliphatic heterocycles. The van der Waals surface area contributed by atoms with Gasteiger partial charge >= 0.3 is 6.18 Å². The zero-order valence-corrected chi connectivity index (χ0v) is 39.4. The molecular formula is C60H50F3N5. The predicted molar refractivity (Wildman–Crippen MR) is 271 cm³/mol. The molecule has 10 rings (SSSR count). The SMILES string of the molecule is Cc1c(C)c(C)c2c(c1C)Cc1c(C)c(C)c(C)c(C)c1N2c1c(-c2nc(-c3ccccc3)cc(-c3ccccc3)n2)cc(C(F)(F)F)cc1-c1nc(-c2ccccc2)cc(-c2ccccc2)n1. The zero-order chi connectivity index (χ0) is 47.6. The Bertz CT molecular complexity index is 3090. The summed E-state index contributed by atoms with van der Waals surface area (Å²) in [6.07, 6.45) is -4.12. The monoisotopic (exact) mass is 897 g/mol. The molecule has 0 radical (unpaired) electrons. The molecule has 0 aliphatic carbocycles. The second-order valence-corrected chi connectivity index (χ2v) is 18.0. The summed E-state index contributed by atoms with van der Waals surface area (Å²) in [6.45, 7) is 17.2. The summed E-state index contributed by atoms with van der Waals surface area (Å²) in [6, 6.07) is 45.1. The Balaban J connectivity index is 1.43. The van der Waals surface area contributed by atoms with Gasteiger partial charge in [0.1, 0.15) is 0 Å². The minimum Gasteiger partial charge on any atom is -0.308 e. The van der Waals surface area contributed by atoms with Crippen molar-refractivity contribution in [3.05, 3.63) is 207 Å². The fourth-order valence-corrected chi connectivity index (χ4v) is 9.83. The summed E-state index contributed by atoms with van der Waals surface area (Å²) in [4.78, 5) is 23.2. The lowest BCUT2D eigenvalue weighted by molar-refractivity contribution is -0.137. The number of halogens is 3. The first-order valence-electron chi connectivity index (χ1n) is 22.9. The van der Waals surface area contributed by atoms with Crippen molar-refractivity contribution in [1.29, 1.82) is 0 Å². The van der Waals surface area contributed by atoms with Crippen LogP contribution in [0, 0.1) is 55.4 Å². The van der Waals surface area contributed by atoms with Crippen molar-refractivity contribution in [3.63, 3.8) is 0 Å². The standard InChI is InChI=1S/C60H50F3N5/c1-34-36(3)40(7)55-47(38(34)5)31-48-39(6)35(2)37(4)41(8)56(48)68(55)57-49(58-64-51(42-21-13-9-14-22-42)32-52(65-58)43-23-15-10-16-24-43)29-46(60(61,62)63)30-50(57)59-66-53(44-25-17-11-18-26-44)33-54(67-59)45-27-19-12-20-28-45/h9-30,32-33H,31H2,1-8H3. The van der Waals surface area contributed by atoms with Crippen molar-refractivity contribution in [3.8, 4) is 67.8 Å². The van der Waals surface area contributed by atoms with Crippen LogP contribution in [0.1, 0.15) is 61.2 Å². The minimum absolute atomic E-state index is 0.139. The van der Waals surface area contributed by atoms with Crippen LogP contribution in [0.15, 0.2) is 146 Å². The lowest BCUT2D eigenvalue weighted by atomic mass is 9.80. The van der Waals surface area contributed by atoms with Crippen LogP contribution in [0.4, 0.5) is 30.2 Å². The minimum atomic E-state index is -4.78. The van der Waals surface area contributed by atoms with Crippen LogP contribution in [-0.4, -0.2) is 19.9 Å². The Labute approximate surface area is 396 Å². The van der Waals surface area contributed by atoms with Gasteiger partial charge in [-0.3, -0.25) is 0 Å². The van der Waals surface area contributed by atoms with E-state index in [1.807, 2.05) is 133 Å². The zero-order valence-electron chi connectivity index (χ0n) is 39.4. The molecule has 9 aromatic rings. The number of rotatable bonds is 7. The largest absolute Gasteiger partial charge is 0.416 e. The molecule has 0 amide bonds. The smallest absolute Gasteiger partial charge is 0.308 e. The van der Waals surface area contributed by atoms with Gasteiger partial charge in [-0.15, -0.1) is 0 Å². The quantitative estimate of drug-likeness (QED) is 0.160. The summed E-state index contributed by atoms with van der Waals surface area (Å²) >= 11 is 0. The average molecular weight is 898 g/mol. The molecule has 0 N–H and O–H groups in total. The van der Waals surface area contributed by atoms with E-state index in [1.54, 1.807) is 0 Å². The first kappa shape index (κ1) is 44.1. The van der Waals surface area contributed by atoms with E-state index in [0.29, 0.717) is 34.9 Å². The highest BCUT2D eigenvalue weighted by atomic mass is 19.4. The van der Waals surface area contributed by atoms with Crippen molar-refractivity contribution < 1.29 is 13.2 Å². The molecule has 2 aromatic heterocycles. The van der Waals surface area contributed by atoms with E-state index in [0.717, 1.165) is 78.1 Å². The number of aromatic nitrogens is 4. The third-order valence-corrected chi connectivity index (χ3v) is 14.2. The summed E-state index contributed by atoms with van der Waals surface area (Å²) in [5.74, 6) is 0.278. The van der Waals surface area contributed by atoms with Gasteiger partial charge in [-0.2, -0.15) is 13.2 Å². The van der Waals surface area contributed by atoms with Crippen molar-refractivity contribution >= 4 is 17.1 Å². The van der Waals surface area contributed by atoms with Crippen molar-refractivity contribution in [2.24, 2.45) is 0 Å². The number of hydrogen-bond donors (Lipinski definition) is 0. The average Bonchev–Trinajstić information content (AvgIpc) is 3.37. The van der Waals surface area contributed by atoms with E-state index < -0.39 is 11.7 Å². The Morgan fingerprint density at radius 2 is 0.662 bits per heavy atom. The molecule has 7 aromatic carbocycles. The number of benzene rings is 7. The summed E-state index contributed by atoms with van der Waals surface area (Å²) in [5.41, 5.74) is 18.6. The molecule has 8 heteroatoms. The molecule has 1 aliphatic rings. The van der Waals surface area contributed by atoms with Gasteiger partial charge in [-0.05, 0) is 135 Å². The fourth-order valence-electron chi connectivity index (χ4n) is 9.83. The molecule has 0 atom stereocenters. The molecule has 0 spiro atoms.